The highest BCUT2D eigenvalue weighted by atomic mass is 16.5. The molecule has 1 heterocycles. The van der Waals surface area contributed by atoms with Crippen molar-refractivity contribution in [3.8, 4) is 5.75 Å². The van der Waals surface area contributed by atoms with Crippen LogP contribution in [-0.2, 0) is 6.54 Å². The second-order valence-electron chi connectivity index (χ2n) is 6.54. The highest BCUT2D eigenvalue weighted by Gasteiger charge is 2.21. The lowest BCUT2D eigenvalue weighted by molar-refractivity contribution is 0.271. The van der Waals surface area contributed by atoms with Gasteiger partial charge in [-0.05, 0) is 29.5 Å². The number of ether oxygens (including phenoxy) is 1. The zero-order valence-electron chi connectivity index (χ0n) is 13.1. The summed E-state index contributed by atoms with van der Waals surface area (Å²) in [7, 11) is 1.65. The third kappa shape index (κ3) is 3.54. The molecule has 0 amide bonds. The smallest absolute Gasteiger partial charge is 0.141 e. The van der Waals surface area contributed by atoms with E-state index in [9.17, 15) is 0 Å². The molecule has 0 saturated heterocycles. The Balaban J connectivity index is 1.99. The van der Waals surface area contributed by atoms with E-state index >= 15 is 0 Å². The quantitative estimate of drug-likeness (QED) is 0.677. The second kappa shape index (κ2) is 5.88. The van der Waals surface area contributed by atoms with Crippen LogP contribution in [0.4, 0.5) is 5.69 Å². The van der Waals surface area contributed by atoms with E-state index in [0.29, 0.717) is 11.1 Å². The summed E-state index contributed by atoms with van der Waals surface area (Å²) >= 11 is 0. The fourth-order valence-corrected chi connectivity index (χ4v) is 2.68. The molecular formula is C17H26N2O. The summed E-state index contributed by atoms with van der Waals surface area (Å²) in [5.41, 5.74) is 9.80. The Morgan fingerprint density at radius 2 is 2.05 bits per heavy atom. The summed E-state index contributed by atoms with van der Waals surface area (Å²) in [4.78, 5) is 2.45. The number of rotatable bonds is 3. The Morgan fingerprint density at radius 3 is 2.55 bits per heavy atom. The lowest BCUT2D eigenvalue weighted by Gasteiger charge is -2.32. The van der Waals surface area contributed by atoms with E-state index < -0.39 is 0 Å². The van der Waals surface area contributed by atoms with Crippen molar-refractivity contribution >= 4 is 5.69 Å². The van der Waals surface area contributed by atoms with Gasteiger partial charge < -0.3 is 10.5 Å². The molecule has 20 heavy (non-hydrogen) atoms. The highest BCUT2D eigenvalue weighted by molar-refractivity contribution is 5.54. The number of methoxy groups -OCH3 is 1. The van der Waals surface area contributed by atoms with Crippen LogP contribution in [0.15, 0.2) is 29.8 Å². The largest absolute Gasteiger partial charge is 0.495 e. The van der Waals surface area contributed by atoms with Gasteiger partial charge in [0.05, 0.1) is 12.8 Å². The third-order valence-corrected chi connectivity index (χ3v) is 3.96. The van der Waals surface area contributed by atoms with Crippen molar-refractivity contribution in [1.29, 1.82) is 0 Å². The summed E-state index contributed by atoms with van der Waals surface area (Å²) < 4.78 is 5.19. The Bertz CT molecular complexity index is 500. The molecule has 0 saturated carbocycles. The van der Waals surface area contributed by atoms with Crippen molar-refractivity contribution in [1.82, 2.24) is 4.90 Å². The van der Waals surface area contributed by atoms with E-state index in [2.05, 4.69) is 37.8 Å². The molecule has 110 valence electrons. The normalized spacial score (nSPS) is 16.9. The molecule has 0 spiro atoms. The van der Waals surface area contributed by atoms with Gasteiger partial charge in [-0.1, -0.05) is 38.5 Å². The molecule has 1 aliphatic heterocycles. The van der Waals surface area contributed by atoms with Gasteiger partial charge in [-0.25, -0.2) is 0 Å². The predicted octanol–water partition coefficient (Wildman–Crippen LogP) is 3.46. The van der Waals surface area contributed by atoms with Gasteiger partial charge in [0.1, 0.15) is 5.75 Å². The van der Waals surface area contributed by atoms with Gasteiger partial charge in [0.25, 0.3) is 0 Å². The van der Waals surface area contributed by atoms with Gasteiger partial charge in [0.15, 0.2) is 0 Å². The molecule has 0 unspecified atom stereocenters. The van der Waals surface area contributed by atoms with E-state index in [0.717, 1.165) is 31.8 Å². The maximum Gasteiger partial charge on any atom is 0.141 e. The van der Waals surface area contributed by atoms with Gasteiger partial charge >= 0.3 is 0 Å². The molecule has 0 fully saturated rings. The van der Waals surface area contributed by atoms with Crippen LogP contribution in [0.1, 0.15) is 32.8 Å². The molecule has 1 aromatic rings. The van der Waals surface area contributed by atoms with E-state index in [1.165, 1.54) is 5.56 Å². The lowest BCUT2D eigenvalue weighted by atomic mass is 9.83. The summed E-state index contributed by atoms with van der Waals surface area (Å²) in [6, 6.07) is 6.06. The molecular weight excluding hydrogens is 248 g/mol. The van der Waals surface area contributed by atoms with Crippen LogP contribution >= 0.6 is 0 Å². The number of nitrogens with two attached hydrogens (primary N) is 1. The first kappa shape index (κ1) is 14.9. The van der Waals surface area contributed by atoms with Crippen LogP contribution < -0.4 is 10.5 Å². The number of nitrogen functional groups attached to an aromatic ring is 1. The summed E-state index contributed by atoms with van der Waals surface area (Å²) in [6.07, 6.45) is 3.55. The van der Waals surface area contributed by atoms with Crippen molar-refractivity contribution in [3.63, 3.8) is 0 Å². The minimum absolute atomic E-state index is 0.302. The first-order chi connectivity index (χ1) is 9.40. The molecule has 1 aromatic carbocycles. The van der Waals surface area contributed by atoms with Crippen LogP contribution in [0.5, 0.6) is 5.75 Å². The summed E-state index contributed by atoms with van der Waals surface area (Å²) in [6.45, 7) is 9.96. The molecule has 0 bridgehead atoms. The minimum atomic E-state index is 0.302. The molecule has 0 aliphatic carbocycles. The van der Waals surface area contributed by atoms with Crippen molar-refractivity contribution in [2.24, 2.45) is 5.41 Å². The Morgan fingerprint density at radius 1 is 1.30 bits per heavy atom. The van der Waals surface area contributed by atoms with Crippen molar-refractivity contribution in [3.05, 3.63) is 35.4 Å². The van der Waals surface area contributed by atoms with E-state index in [1.54, 1.807) is 12.7 Å². The predicted molar refractivity (Wildman–Crippen MR) is 84.8 cm³/mol. The molecule has 0 aromatic heterocycles. The van der Waals surface area contributed by atoms with Crippen LogP contribution in [0, 0.1) is 5.41 Å². The maximum absolute atomic E-state index is 5.96. The average Bonchev–Trinajstić information content (AvgIpc) is 2.38. The lowest BCUT2D eigenvalue weighted by Crippen LogP contribution is -2.30. The molecule has 1 aliphatic rings. The molecule has 0 atom stereocenters. The summed E-state index contributed by atoms with van der Waals surface area (Å²) in [5, 5.41) is 0. The molecule has 3 heteroatoms. The number of hydrogen-bond acceptors (Lipinski definition) is 3. The Labute approximate surface area is 122 Å². The van der Waals surface area contributed by atoms with Gasteiger partial charge in [0.2, 0.25) is 0 Å². The minimum Gasteiger partial charge on any atom is -0.495 e. The zero-order chi connectivity index (χ0) is 14.8. The van der Waals surface area contributed by atoms with Gasteiger partial charge in [-0.2, -0.15) is 0 Å². The first-order valence-corrected chi connectivity index (χ1v) is 7.24. The van der Waals surface area contributed by atoms with Gasteiger partial charge in [-0.3, -0.25) is 4.90 Å². The van der Waals surface area contributed by atoms with E-state index in [4.69, 9.17) is 10.5 Å². The molecule has 2 rings (SSSR count). The number of anilines is 1. The molecule has 0 radical (unpaired) electrons. The monoisotopic (exact) mass is 274 g/mol. The third-order valence-electron chi connectivity index (χ3n) is 3.96. The second-order valence-corrected chi connectivity index (χ2v) is 6.54. The number of benzene rings is 1. The average molecular weight is 274 g/mol. The van der Waals surface area contributed by atoms with E-state index in [1.807, 2.05) is 12.1 Å². The van der Waals surface area contributed by atoms with Crippen LogP contribution in [-0.4, -0.2) is 25.1 Å². The molecule has 3 nitrogen and oxygen atoms in total. The van der Waals surface area contributed by atoms with Gasteiger partial charge in [-0.15, -0.1) is 0 Å². The number of hydrogen-bond donors (Lipinski definition) is 1. The highest BCUT2D eigenvalue weighted by Crippen LogP contribution is 2.30. The molecule has 2 N–H and O–H groups in total. The van der Waals surface area contributed by atoms with E-state index in [-0.39, 0.29) is 0 Å². The number of nitrogens with zero attached hydrogens (tertiary/aromatic N) is 1. The van der Waals surface area contributed by atoms with Crippen LogP contribution in [0.2, 0.25) is 0 Å². The van der Waals surface area contributed by atoms with Gasteiger partial charge in [0, 0.05) is 19.6 Å². The fourth-order valence-electron chi connectivity index (χ4n) is 2.68. The van der Waals surface area contributed by atoms with Crippen molar-refractivity contribution in [2.75, 3.05) is 25.9 Å². The van der Waals surface area contributed by atoms with Crippen molar-refractivity contribution < 1.29 is 4.74 Å². The standard InChI is InChI=1S/C17H26N2O/c1-17(2,3)14-7-9-19(10-8-14)12-13-5-6-16(20-4)15(18)11-13/h5-7,11H,8-10,12,18H2,1-4H3. The van der Waals surface area contributed by atoms with Crippen LogP contribution in [0.3, 0.4) is 0 Å². The Hall–Kier alpha value is -1.48. The first-order valence-electron chi connectivity index (χ1n) is 7.24. The maximum atomic E-state index is 5.96. The Kier molecular flexibility index (Phi) is 4.39. The van der Waals surface area contributed by atoms with Crippen molar-refractivity contribution in [2.45, 2.75) is 33.7 Å². The SMILES string of the molecule is COc1ccc(CN2CC=C(C(C)(C)C)CC2)cc1N. The topological polar surface area (TPSA) is 38.5 Å². The summed E-state index contributed by atoms with van der Waals surface area (Å²) in [5.74, 6) is 0.752. The zero-order valence-corrected chi connectivity index (χ0v) is 13.1. The van der Waals surface area contributed by atoms with Crippen LogP contribution in [0.25, 0.3) is 0 Å². The fraction of sp³-hybridized carbons (Fsp3) is 0.529.